The smallest absolute Gasteiger partial charge is 0.226 e. The van der Waals surface area contributed by atoms with Gasteiger partial charge in [0.15, 0.2) is 17.3 Å². The van der Waals surface area contributed by atoms with Gasteiger partial charge in [0, 0.05) is 23.5 Å². The number of oxazole rings is 1. The molecule has 5 nitrogen and oxygen atoms in total. The van der Waals surface area contributed by atoms with Gasteiger partial charge in [-0.05, 0) is 37.3 Å². The highest BCUT2D eigenvalue weighted by Crippen LogP contribution is 2.33. The van der Waals surface area contributed by atoms with E-state index in [2.05, 4.69) is 9.97 Å². The van der Waals surface area contributed by atoms with E-state index < -0.39 is 0 Å². The number of benzene rings is 1. The summed E-state index contributed by atoms with van der Waals surface area (Å²) in [5.74, 6) is 2.60. The third-order valence-corrected chi connectivity index (χ3v) is 3.18. The Morgan fingerprint density at radius 1 is 1.05 bits per heavy atom. The Morgan fingerprint density at radius 3 is 2.59 bits per heavy atom. The SMILES string of the molecule is CCOc1cc(-c2ncc(-c3ccncc3)o2)ccc1OC. The molecule has 0 amide bonds. The van der Waals surface area contributed by atoms with E-state index in [1.807, 2.05) is 37.3 Å². The number of hydrogen-bond acceptors (Lipinski definition) is 5. The lowest BCUT2D eigenvalue weighted by Gasteiger charge is -2.09. The van der Waals surface area contributed by atoms with Crippen molar-refractivity contribution < 1.29 is 13.9 Å². The fourth-order valence-electron chi connectivity index (χ4n) is 2.14. The molecule has 2 aromatic heterocycles. The maximum absolute atomic E-state index is 5.83. The van der Waals surface area contributed by atoms with Crippen LogP contribution in [-0.4, -0.2) is 23.7 Å². The summed E-state index contributed by atoms with van der Waals surface area (Å²) in [6, 6.07) is 9.36. The zero-order valence-corrected chi connectivity index (χ0v) is 12.4. The first-order valence-corrected chi connectivity index (χ1v) is 6.99. The van der Waals surface area contributed by atoms with Crippen LogP contribution in [0, 0.1) is 0 Å². The van der Waals surface area contributed by atoms with Crippen LogP contribution in [0.15, 0.2) is 53.3 Å². The van der Waals surface area contributed by atoms with E-state index in [1.54, 1.807) is 25.7 Å². The van der Waals surface area contributed by atoms with Crippen molar-refractivity contribution in [3.63, 3.8) is 0 Å². The molecule has 0 fully saturated rings. The van der Waals surface area contributed by atoms with Gasteiger partial charge in [-0.2, -0.15) is 0 Å². The van der Waals surface area contributed by atoms with Crippen LogP contribution < -0.4 is 9.47 Å². The third-order valence-electron chi connectivity index (χ3n) is 3.18. The molecule has 3 aromatic rings. The minimum Gasteiger partial charge on any atom is -0.493 e. The minimum absolute atomic E-state index is 0.537. The second-order valence-electron chi connectivity index (χ2n) is 4.56. The zero-order chi connectivity index (χ0) is 15.4. The van der Waals surface area contributed by atoms with Gasteiger partial charge in [0.2, 0.25) is 5.89 Å². The molecule has 0 aliphatic heterocycles. The second kappa shape index (κ2) is 6.30. The fourth-order valence-corrected chi connectivity index (χ4v) is 2.14. The van der Waals surface area contributed by atoms with Crippen molar-refractivity contribution in [3.05, 3.63) is 48.9 Å². The average Bonchev–Trinajstić information content (AvgIpc) is 3.06. The van der Waals surface area contributed by atoms with E-state index in [-0.39, 0.29) is 0 Å². The molecule has 0 N–H and O–H groups in total. The number of nitrogens with zero attached hydrogens (tertiary/aromatic N) is 2. The van der Waals surface area contributed by atoms with Gasteiger partial charge in [0.1, 0.15) is 0 Å². The van der Waals surface area contributed by atoms with Crippen molar-refractivity contribution in [2.24, 2.45) is 0 Å². The predicted molar refractivity (Wildman–Crippen MR) is 82.9 cm³/mol. The van der Waals surface area contributed by atoms with Gasteiger partial charge in [-0.3, -0.25) is 4.98 Å². The third kappa shape index (κ3) is 2.79. The molecule has 0 aliphatic carbocycles. The van der Waals surface area contributed by atoms with Crippen LogP contribution in [0.3, 0.4) is 0 Å². The van der Waals surface area contributed by atoms with Crippen LogP contribution in [0.1, 0.15) is 6.92 Å². The highest BCUT2D eigenvalue weighted by Gasteiger charge is 2.12. The number of rotatable bonds is 5. The molecule has 0 saturated carbocycles. The molecule has 0 saturated heterocycles. The highest BCUT2D eigenvalue weighted by atomic mass is 16.5. The van der Waals surface area contributed by atoms with Crippen LogP contribution >= 0.6 is 0 Å². The van der Waals surface area contributed by atoms with Crippen LogP contribution in [0.4, 0.5) is 0 Å². The van der Waals surface area contributed by atoms with Crippen molar-refractivity contribution >= 4 is 0 Å². The molecular weight excluding hydrogens is 280 g/mol. The first-order chi connectivity index (χ1) is 10.8. The maximum atomic E-state index is 5.83. The van der Waals surface area contributed by atoms with Gasteiger partial charge in [0.25, 0.3) is 0 Å². The van der Waals surface area contributed by atoms with E-state index >= 15 is 0 Å². The van der Waals surface area contributed by atoms with E-state index in [0.29, 0.717) is 29.8 Å². The van der Waals surface area contributed by atoms with Crippen LogP contribution in [0.2, 0.25) is 0 Å². The lowest BCUT2D eigenvalue weighted by molar-refractivity contribution is 0.311. The van der Waals surface area contributed by atoms with Crippen LogP contribution in [0.25, 0.3) is 22.8 Å². The Morgan fingerprint density at radius 2 is 1.86 bits per heavy atom. The molecule has 0 bridgehead atoms. The van der Waals surface area contributed by atoms with Crippen molar-refractivity contribution in [2.45, 2.75) is 6.92 Å². The standard InChI is InChI=1S/C17H16N2O3/c1-3-21-15-10-13(4-5-14(15)20-2)17-19-11-16(22-17)12-6-8-18-9-7-12/h4-11H,3H2,1-2H3. The topological polar surface area (TPSA) is 57.4 Å². The first kappa shape index (κ1) is 14.1. The van der Waals surface area contributed by atoms with E-state index in [9.17, 15) is 0 Å². The monoisotopic (exact) mass is 296 g/mol. The molecule has 0 aliphatic rings. The van der Waals surface area contributed by atoms with Gasteiger partial charge in [-0.1, -0.05) is 0 Å². The van der Waals surface area contributed by atoms with E-state index in [4.69, 9.17) is 13.9 Å². The number of ether oxygens (including phenoxy) is 2. The number of aromatic nitrogens is 2. The number of methoxy groups -OCH3 is 1. The van der Waals surface area contributed by atoms with Crippen molar-refractivity contribution in [2.75, 3.05) is 13.7 Å². The van der Waals surface area contributed by atoms with Gasteiger partial charge < -0.3 is 13.9 Å². The largest absolute Gasteiger partial charge is 0.493 e. The molecular formula is C17H16N2O3. The Balaban J connectivity index is 1.95. The minimum atomic E-state index is 0.537. The first-order valence-electron chi connectivity index (χ1n) is 6.99. The number of hydrogen-bond donors (Lipinski definition) is 0. The zero-order valence-electron chi connectivity index (χ0n) is 12.4. The summed E-state index contributed by atoms with van der Waals surface area (Å²) in [4.78, 5) is 8.33. The summed E-state index contributed by atoms with van der Waals surface area (Å²) in [5.41, 5.74) is 1.77. The van der Waals surface area contributed by atoms with Gasteiger partial charge in [0.05, 0.1) is 19.9 Å². The van der Waals surface area contributed by atoms with Crippen LogP contribution in [0.5, 0.6) is 11.5 Å². The molecule has 0 spiro atoms. The summed E-state index contributed by atoms with van der Waals surface area (Å²) in [6.07, 6.45) is 5.14. The Labute approximate surface area is 128 Å². The molecule has 22 heavy (non-hydrogen) atoms. The normalized spacial score (nSPS) is 10.5. The molecule has 112 valence electrons. The molecule has 5 heteroatoms. The molecule has 1 aromatic carbocycles. The summed E-state index contributed by atoms with van der Waals surface area (Å²) in [7, 11) is 1.62. The summed E-state index contributed by atoms with van der Waals surface area (Å²) >= 11 is 0. The van der Waals surface area contributed by atoms with Crippen molar-refractivity contribution in [1.82, 2.24) is 9.97 Å². The van der Waals surface area contributed by atoms with Gasteiger partial charge in [-0.15, -0.1) is 0 Å². The number of pyridine rings is 1. The highest BCUT2D eigenvalue weighted by molar-refractivity contribution is 5.63. The lowest BCUT2D eigenvalue weighted by Crippen LogP contribution is -1.95. The lowest BCUT2D eigenvalue weighted by atomic mass is 10.2. The Bertz CT molecular complexity index is 754. The van der Waals surface area contributed by atoms with Crippen molar-refractivity contribution in [3.8, 4) is 34.3 Å². The fraction of sp³-hybridized carbons (Fsp3) is 0.176. The summed E-state index contributed by atoms with van der Waals surface area (Å²) in [5, 5.41) is 0. The molecule has 0 radical (unpaired) electrons. The quantitative estimate of drug-likeness (QED) is 0.716. The van der Waals surface area contributed by atoms with E-state index in [0.717, 1.165) is 11.1 Å². The second-order valence-corrected chi connectivity index (χ2v) is 4.56. The summed E-state index contributed by atoms with van der Waals surface area (Å²) < 4.78 is 16.7. The van der Waals surface area contributed by atoms with Gasteiger partial charge in [-0.25, -0.2) is 4.98 Å². The molecule has 3 rings (SSSR count). The molecule has 0 atom stereocenters. The Hall–Kier alpha value is -2.82. The van der Waals surface area contributed by atoms with E-state index in [1.165, 1.54) is 0 Å². The van der Waals surface area contributed by atoms with Crippen LogP contribution in [-0.2, 0) is 0 Å². The Kier molecular flexibility index (Phi) is 4.05. The average molecular weight is 296 g/mol. The summed E-state index contributed by atoms with van der Waals surface area (Å²) in [6.45, 7) is 2.49. The molecule has 2 heterocycles. The van der Waals surface area contributed by atoms with Crippen molar-refractivity contribution in [1.29, 1.82) is 0 Å². The molecule has 0 unspecified atom stereocenters. The maximum Gasteiger partial charge on any atom is 0.226 e. The van der Waals surface area contributed by atoms with Gasteiger partial charge >= 0.3 is 0 Å². The predicted octanol–water partition coefficient (Wildman–Crippen LogP) is 3.81.